The maximum Gasteiger partial charge on any atom is 0.318 e. The van der Waals surface area contributed by atoms with Gasteiger partial charge in [0.2, 0.25) is 0 Å². The van der Waals surface area contributed by atoms with E-state index in [4.69, 9.17) is 5.26 Å². The molecule has 0 heterocycles. The van der Waals surface area contributed by atoms with Crippen LogP contribution in [0, 0.1) is 28.6 Å². The lowest BCUT2D eigenvalue weighted by atomic mass is 9.62. The average Bonchev–Trinajstić information content (AvgIpc) is 2.28. The monoisotopic (exact) mass is 223 g/mol. The summed E-state index contributed by atoms with van der Waals surface area (Å²) >= 11 is 0. The largest absolute Gasteiger partial charge is 0.480 e. The first-order valence-electron chi connectivity index (χ1n) is 5.68. The molecule has 0 aromatic carbocycles. The molecular weight excluding hydrogens is 206 g/mol. The Kier molecular flexibility index (Phi) is 3.69. The molecule has 1 N–H and O–H groups in total. The number of nitriles is 1. The van der Waals surface area contributed by atoms with E-state index >= 15 is 0 Å². The number of hydrogen-bond acceptors (Lipinski definition) is 3. The average molecular weight is 223 g/mol. The van der Waals surface area contributed by atoms with Gasteiger partial charge < -0.3 is 5.11 Å². The molecule has 1 fully saturated rings. The van der Waals surface area contributed by atoms with Crippen LogP contribution >= 0.6 is 0 Å². The van der Waals surface area contributed by atoms with Crippen molar-refractivity contribution in [3.8, 4) is 6.07 Å². The highest BCUT2D eigenvalue weighted by molar-refractivity contribution is 6.05. The van der Waals surface area contributed by atoms with Crippen LogP contribution in [0.15, 0.2) is 0 Å². The molecule has 4 nitrogen and oxygen atoms in total. The fourth-order valence-electron chi connectivity index (χ4n) is 2.57. The summed E-state index contributed by atoms with van der Waals surface area (Å²) in [6, 6.07) is 1.93. The standard InChI is InChI=1S/C12H17NO3/c1-3-9-5-4-6-12(10(9)14,11(15)16)8(2)7-13/h8-9H,3-6H2,1-2H3,(H,15,16). The third-order valence-corrected chi connectivity index (χ3v) is 3.74. The summed E-state index contributed by atoms with van der Waals surface area (Å²) in [6.07, 6.45) is 2.42. The number of carboxylic acids is 1. The van der Waals surface area contributed by atoms with Gasteiger partial charge in [0.05, 0.1) is 12.0 Å². The summed E-state index contributed by atoms with van der Waals surface area (Å²) in [5.41, 5.74) is -1.46. The van der Waals surface area contributed by atoms with Crippen molar-refractivity contribution < 1.29 is 14.7 Å². The maximum atomic E-state index is 12.2. The highest BCUT2D eigenvalue weighted by Gasteiger charge is 2.54. The number of carbonyl (C=O) groups excluding carboxylic acids is 1. The van der Waals surface area contributed by atoms with Gasteiger partial charge in [-0.25, -0.2) is 0 Å². The first kappa shape index (κ1) is 12.7. The smallest absolute Gasteiger partial charge is 0.318 e. The fraction of sp³-hybridized carbons (Fsp3) is 0.750. The summed E-state index contributed by atoms with van der Waals surface area (Å²) in [7, 11) is 0. The predicted molar refractivity (Wildman–Crippen MR) is 57.5 cm³/mol. The van der Waals surface area contributed by atoms with Crippen molar-refractivity contribution in [3.05, 3.63) is 0 Å². The van der Waals surface area contributed by atoms with Crippen molar-refractivity contribution in [1.29, 1.82) is 5.26 Å². The third-order valence-electron chi connectivity index (χ3n) is 3.74. The molecule has 88 valence electrons. The molecule has 0 amide bonds. The molecule has 3 atom stereocenters. The van der Waals surface area contributed by atoms with Crippen molar-refractivity contribution in [2.45, 2.75) is 39.5 Å². The molecule has 1 aliphatic rings. The number of ketones is 1. The topological polar surface area (TPSA) is 78.2 Å². The van der Waals surface area contributed by atoms with Crippen LogP contribution in [-0.2, 0) is 9.59 Å². The minimum Gasteiger partial charge on any atom is -0.480 e. The van der Waals surface area contributed by atoms with E-state index in [1.807, 2.05) is 13.0 Å². The van der Waals surface area contributed by atoms with Gasteiger partial charge in [-0.05, 0) is 26.2 Å². The zero-order valence-corrected chi connectivity index (χ0v) is 9.69. The number of Topliss-reactive ketones (excluding diaryl/α,β-unsaturated/α-hetero) is 1. The van der Waals surface area contributed by atoms with Gasteiger partial charge in [-0.2, -0.15) is 5.26 Å². The number of nitrogens with zero attached hydrogens (tertiary/aromatic N) is 1. The van der Waals surface area contributed by atoms with Gasteiger partial charge >= 0.3 is 5.97 Å². The number of carbonyl (C=O) groups is 2. The fourth-order valence-corrected chi connectivity index (χ4v) is 2.57. The first-order valence-corrected chi connectivity index (χ1v) is 5.68. The highest BCUT2D eigenvalue weighted by atomic mass is 16.4. The molecule has 0 aliphatic heterocycles. The minimum atomic E-state index is -1.46. The van der Waals surface area contributed by atoms with Crippen LogP contribution in [-0.4, -0.2) is 16.9 Å². The van der Waals surface area contributed by atoms with E-state index in [2.05, 4.69) is 0 Å². The predicted octanol–water partition coefficient (Wildman–Crippen LogP) is 2.00. The molecule has 0 bridgehead atoms. The van der Waals surface area contributed by atoms with Crippen molar-refractivity contribution >= 4 is 11.8 Å². The van der Waals surface area contributed by atoms with Crippen LogP contribution in [0.25, 0.3) is 0 Å². The summed E-state index contributed by atoms with van der Waals surface area (Å²) in [4.78, 5) is 23.6. The van der Waals surface area contributed by atoms with E-state index in [1.165, 1.54) is 6.92 Å². The second-order valence-corrected chi connectivity index (χ2v) is 4.49. The van der Waals surface area contributed by atoms with Crippen molar-refractivity contribution in [3.63, 3.8) is 0 Å². The SMILES string of the molecule is CCC1CCCC(C(=O)O)(C(C)C#N)C1=O. The Morgan fingerprint density at radius 1 is 1.75 bits per heavy atom. The van der Waals surface area contributed by atoms with Crippen LogP contribution in [0.1, 0.15) is 39.5 Å². The molecule has 16 heavy (non-hydrogen) atoms. The van der Waals surface area contributed by atoms with Gasteiger partial charge in [-0.3, -0.25) is 9.59 Å². The molecule has 1 rings (SSSR count). The summed E-state index contributed by atoms with van der Waals surface area (Å²) < 4.78 is 0. The first-order chi connectivity index (χ1) is 7.50. The Bertz CT molecular complexity index is 345. The number of aliphatic carboxylic acids is 1. The van der Waals surface area contributed by atoms with E-state index in [1.54, 1.807) is 0 Å². The molecule has 0 aromatic rings. The number of carboxylic acid groups (broad SMARTS) is 1. The quantitative estimate of drug-likeness (QED) is 0.742. The zero-order valence-electron chi connectivity index (χ0n) is 9.69. The van der Waals surface area contributed by atoms with Crippen molar-refractivity contribution in [1.82, 2.24) is 0 Å². The Hall–Kier alpha value is -1.37. The lowest BCUT2D eigenvalue weighted by Crippen LogP contribution is -2.49. The van der Waals surface area contributed by atoms with Crippen LogP contribution < -0.4 is 0 Å². The van der Waals surface area contributed by atoms with Crippen molar-refractivity contribution in [2.24, 2.45) is 17.3 Å². The van der Waals surface area contributed by atoms with Gasteiger partial charge in [0.1, 0.15) is 5.41 Å². The van der Waals surface area contributed by atoms with Gasteiger partial charge in [-0.15, -0.1) is 0 Å². The van der Waals surface area contributed by atoms with Gasteiger partial charge in [-0.1, -0.05) is 13.3 Å². The minimum absolute atomic E-state index is 0.194. The lowest BCUT2D eigenvalue weighted by molar-refractivity contribution is -0.162. The molecule has 4 heteroatoms. The summed E-state index contributed by atoms with van der Waals surface area (Å²) in [6.45, 7) is 3.42. The van der Waals surface area contributed by atoms with Gasteiger partial charge in [0.15, 0.2) is 5.78 Å². The van der Waals surface area contributed by atoms with Crippen LogP contribution in [0.3, 0.4) is 0 Å². The normalized spacial score (nSPS) is 31.8. The van der Waals surface area contributed by atoms with E-state index in [9.17, 15) is 14.7 Å². The highest BCUT2D eigenvalue weighted by Crippen LogP contribution is 2.43. The molecule has 0 saturated heterocycles. The Labute approximate surface area is 95.3 Å². The molecule has 0 spiro atoms. The molecule has 1 aliphatic carbocycles. The molecule has 0 aromatic heterocycles. The van der Waals surface area contributed by atoms with Gasteiger partial charge in [0.25, 0.3) is 0 Å². The lowest BCUT2D eigenvalue weighted by Gasteiger charge is -2.37. The Morgan fingerprint density at radius 3 is 2.81 bits per heavy atom. The Morgan fingerprint density at radius 2 is 2.38 bits per heavy atom. The second-order valence-electron chi connectivity index (χ2n) is 4.49. The number of hydrogen-bond donors (Lipinski definition) is 1. The third kappa shape index (κ3) is 1.71. The molecular formula is C12H17NO3. The van der Waals surface area contributed by atoms with E-state index in [0.29, 0.717) is 19.3 Å². The van der Waals surface area contributed by atoms with E-state index in [-0.39, 0.29) is 11.7 Å². The van der Waals surface area contributed by atoms with Crippen LogP contribution in [0.5, 0.6) is 0 Å². The Balaban J connectivity index is 3.15. The van der Waals surface area contributed by atoms with E-state index in [0.717, 1.165) is 6.42 Å². The summed E-state index contributed by atoms with van der Waals surface area (Å²) in [5.74, 6) is -2.33. The van der Waals surface area contributed by atoms with Gasteiger partial charge in [0, 0.05) is 5.92 Å². The van der Waals surface area contributed by atoms with Crippen LogP contribution in [0.4, 0.5) is 0 Å². The zero-order chi connectivity index (χ0) is 12.3. The maximum absolute atomic E-state index is 12.2. The van der Waals surface area contributed by atoms with Crippen molar-refractivity contribution in [2.75, 3.05) is 0 Å². The second kappa shape index (κ2) is 4.65. The molecule has 1 saturated carbocycles. The van der Waals surface area contributed by atoms with E-state index < -0.39 is 17.3 Å². The molecule has 0 radical (unpaired) electrons. The number of rotatable bonds is 3. The summed E-state index contributed by atoms with van der Waals surface area (Å²) in [5, 5.41) is 18.2. The molecule has 3 unspecified atom stereocenters. The van der Waals surface area contributed by atoms with Crippen LogP contribution in [0.2, 0.25) is 0 Å².